The van der Waals surface area contributed by atoms with Crippen molar-refractivity contribution in [3.8, 4) is 0 Å². The van der Waals surface area contributed by atoms with Gasteiger partial charge in [-0.15, -0.1) is 0 Å². The van der Waals surface area contributed by atoms with Gasteiger partial charge in [0.05, 0.1) is 16.1 Å². The van der Waals surface area contributed by atoms with Crippen LogP contribution in [0.3, 0.4) is 0 Å². The van der Waals surface area contributed by atoms with Gasteiger partial charge in [0.1, 0.15) is 0 Å². The lowest BCUT2D eigenvalue weighted by Crippen LogP contribution is -2.42. The number of hydrogen-bond donors (Lipinski definition) is 3. The fraction of sp³-hybridized carbons (Fsp3) is 0.462. The van der Waals surface area contributed by atoms with Crippen LogP contribution in [0.5, 0.6) is 0 Å². The summed E-state index contributed by atoms with van der Waals surface area (Å²) in [6.07, 6.45) is 0.819. The first kappa shape index (κ1) is 18.1. The van der Waals surface area contributed by atoms with E-state index in [9.17, 15) is 18.3 Å². The number of sulfonamides is 1. The van der Waals surface area contributed by atoms with Gasteiger partial charge >= 0.3 is 5.97 Å². The first-order valence-corrected chi connectivity index (χ1v) is 8.67. The summed E-state index contributed by atoms with van der Waals surface area (Å²) in [4.78, 5) is 10.9. The van der Waals surface area contributed by atoms with Crippen LogP contribution in [0.4, 0.5) is 0 Å². The number of rotatable bonds is 7. The number of aliphatic hydroxyl groups is 1. The van der Waals surface area contributed by atoms with Crippen LogP contribution in [-0.2, 0) is 10.0 Å². The van der Waals surface area contributed by atoms with Gasteiger partial charge in [0, 0.05) is 11.0 Å². The van der Waals surface area contributed by atoms with E-state index in [4.69, 9.17) is 5.11 Å². The number of halogens is 1. The molecular weight excluding hydrogens is 362 g/mol. The summed E-state index contributed by atoms with van der Waals surface area (Å²) in [5.41, 5.74) is -1.25. The van der Waals surface area contributed by atoms with Crippen molar-refractivity contribution in [3.05, 3.63) is 28.2 Å². The third-order valence-corrected chi connectivity index (χ3v) is 5.48. The average Bonchev–Trinajstić information content (AvgIpc) is 2.45. The summed E-state index contributed by atoms with van der Waals surface area (Å²) in [6.45, 7) is 3.40. The number of aromatic carboxylic acids is 1. The molecule has 8 heteroatoms. The van der Waals surface area contributed by atoms with E-state index in [-0.39, 0.29) is 17.0 Å². The highest BCUT2D eigenvalue weighted by atomic mass is 79.9. The van der Waals surface area contributed by atoms with Gasteiger partial charge in [0.15, 0.2) is 0 Å². The zero-order valence-corrected chi connectivity index (χ0v) is 14.2. The van der Waals surface area contributed by atoms with E-state index in [0.717, 1.165) is 6.07 Å². The summed E-state index contributed by atoms with van der Waals surface area (Å²) in [5, 5.41) is 19.1. The molecule has 0 aliphatic heterocycles. The molecular formula is C13H18BrNO5S. The number of hydrogen-bond acceptors (Lipinski definition) is 4. The molecule has 0 aliphatic rings. The van der Waals surface area contributed by atoms with Gasteiger partial charge in [-0.2, -0.15) is 0 Å². The number of carbonyl (C=O) groups is 1. The fourth-order valence-corrected chi connectivity index (χ4v) is 3.21. The van der Waals surface area contributed by atoms with Crippen LogP contribution in [0.25, 0.3) is 0 Å². The molecule has 0 spiro atoms. The third kappa shape index (κ3) is 4.50. The van der Waals surface area contributed by atoms with Gasteiger partial charge in [-0.05, 0) is 47.0 Å². The lowest BCUT2D eigenvalue weighted by molar-refractivity contribution is 0.0377. The van der Waals surface area contributed by atoms with Crippen molar-refractivity contribution in [2.75, 3.05) is 6.54 Å². The lowest BCUT2D eigenvalue weighted by atomic mass is 9.98. The Morgan fingerprint density at radius 1 is 1.33 bits per heavy atom. The molecule has 0 unspecified atom stereocenters. The molecule has 3 N–H and O–H groups in total. The molecule has 0 saturated carbocycles. The Bertz CT molecular complexity index is 625. The first-order chi connectivity index (χ1) is 9.65. The third-order valence-electron chi connectivity index (χ3n) is 3.39. The standard InChI is InChI=1S/C13H18BrNO5S/c1-3-13(18,4-2)8-15-21(19,20)9-5-6-11(14)10(7-9)12(16)17/h5-7,15,18H,3-4,8H2,1-2H3,(H,16,17). The average molecular weight is 380 g/mol. The number of nitrogens with one attached hydrogen (secondary N) is 1. The van der Waals surface area contributed by atoms with Crippen LogP contribution in [-0.4, -0.2) is 36.7 Å². The lowest BCUT2D eigenvalue weighted by Gasteiger charge is -2.25. The number of carboxylic acids is 1. The summed E-state index contributed by atoms with van der Waals surface area (Å²) >= 11 is 3.05. The minimum Gasteiger partial charge on any atom is -0.478 e. The van der Waals surface area contributed by atoms with Crippen molar-refractivity contribution < 1.29 is 23.4 Å². The molecule has 0 amide bonds. The Hall–Kier alpha value is -0.960. The molecule has 21 heavy (non-hydrogen) atoms. The molecule has 0 saturated heterocycles. The molecule has 1 rings (SSSR count). The summed E-state index contributed by atoms with van der Waals surface area (Å²) in [6, 6.07) is 3.74. The maximum atomic E-state index is 12.2. The van der Waals surface area contributed by atoms with E-state index >= 15 is 0 Å². The smallest absolute Gasteiger partial charge is 0.336 e. The minimum atomic E-state index is -3.88. The molecule has 0 radical (unpaired) electrons. The Kier molecular flexibility index (Phi) is 5.92. The Labute approximate surface area is 132 Å². The Balaban J connectivity index is 3.04. The predicted molar refractivity (Wildman–Crippen MR) is 81.8 cm³/mol. The quantitative estimate of drug-likeness (QED) is 0.671. The number of benzene rings is 1. The highest BCUT2D eigenvalue weighted by molar-refractivity contribution is 9.10. The molecule has 6 nitrogen and oxygen atoms in total. The van der Waals surface area contributed by atoms with Crippen molar-refractivity contribution in [3.63, 3.8) is 0 Å². The molecule has 1 aromatic carbocycles. The van der Waals surface area contributed by atoms with Gasteiger partial charge in [0.25, 0.3) is 0 Å². The van der Waals surface area contributed by atoms with Gasteiger partial charge in [-0.3, -0.25) is 0 Å². The van der Waals surface area contributed by atoms with E-state index < -0.39 is 21.6 Å². The van der Waals surface area contributed by atoms with E-state index in [1.807, 2.05) is 0 Å². The second-order valence-electron chi connectivity index (χ2n) is 4.70. The molecule has 0 aliphatic carbocycles. The van der Waals surface area contributed by atoms with Gasteiger partial charge in [-0.1, -0.05) is 13.8 Å². The van der Waals surface area contributed by atoms with Crippen molar-refractivity contribution in [2.24, 2.45) is 0 Å². The van der Waals surface area contributed by atoms with Crippen LogP contribution in [0.1, 0.15) is 37.0 Å². The number of carboxylic acid groups (broad SMARTS) is 1. The van der Waals surface area contributed by atoms with E-state index in [1.165, 1.54) is 12.1 Å². The highest BCUT2D eigenvalue weighted by Gasteiger charge is 2.26. The van der Waals surface area contributed by atoms with Crippen molar-refractivity contribution in [1.29, 1.82) is 0 Å². The molecule has 0 fully saturated rings. The molecule has 0 heterocycles. The molecule has 1 aromatic rings. The first-order valence-electron chi connectivity index (χ1n) is 6.40. The van der Waals surface area contributed by atoms with Crippen LogP contribution in [0.2, 0.25) is 0 Å². The maximum absolute atomic E-state index is 12.2. The fourth-order valence-electron chi connectivity index (χ4n) is 1.65. The SMILES string of the molecule is CCC(O)(CC)CNS(=O)(=O)c1ccc(Br)c(C(=O)O)c1. The topological polar surface area (TPSA) is 104 Å². The summed E-state index contributed by atoms with van der Waals surface area (Å²) in [7, 11) is -3.88. The van der Waals surface area contributed by atoms with Crippen LogP contribution in [0.15, 0.2) is 27.6 Å². The maximum Gasteiger partial charge on any atom is 0.336 e. The monoisotopic (exact) mass is 379 g/mol. The Morgan fingerprint density at radius 2 is 1.90 bits per heavy atom. The van der Waals surface area contributed by atoms with Gasteiger partial charge in [-0.25, -0.2) is 17.9 Å². The van der Waals surface area contributed by atoms with Gasteiger partial charge < -0.3 is 10.2 Å². The van der Waals surface area contributed by atoms with Crippen LogP contribution in [0, 0.1) is 0 Å². The van der Waals surface area contributed by atoms with E-state index in [2.05, 4.69) is 20.7 Å². The van der Waals surface area contributed by atoms with Crippen LogP contribution < -0.4 is 4.72 Å². The van der Waals surface area contributed by atoms with Crippen molar-refractivity contribution >= 4 is 31.9 Å². The second-order valence-corrected chi connectivity index (χ2v) is 7.32. The molecule has 0 bridgehead atoms. The predicted octanol–water partition coefficient (Wildman–Crippen LogP) is 1.98. The van der Waals surface area contributed by atoms with Crippen molar-refractivity contribution in [1.82, 2.24) is 4.72 Å². The van der Waals surface area contributed by atoms with E-state index in [0.29, 0.717) is 17.3 Å². The summed E-state index contributed by atoms with van der Waals surface area (Å²) in [5.74, 6) is -1.22. The molecule has 0 atom stereocenters. The normalized spacial score (nSPS) is 12.4. The largest absolute Gasteiger partial charge is 0.478 e. The Morgan fingerprint density at radius 3 is 2.38 bits per heavy atom. The minimum absolute atomic E-state index is 0.124. The van der Waals surface area contributed by atoms with Crippen molar-refractivity contribution in [2.45, 2.75) is 37.2 Å². The van der Waals surface area contributed by atoms with E-state index in [1.54, 1.807) is 13.8 Å². The van der Waals surface area contributed by atoms with Crippen LogP contribution >= 0.6 is 15.9 Å². The highest BCUT2D eigenvalue weighted by Crippen LogP contribution is 2.21. The zero-order chi connectivity index (χ0) is 16.3. The zero-order valence-electron chi connectivity index (χ0n) is 11.8. The van der Waals surface area contributed by atoms with Gasteiger partial charge in [0.2, 0.25) is 10.0 Å². The second kappa shape index (κ2) is 6.87. The molecule has 118 valence electrons. The molecule has 0 aromatic heterocycles. The summed E-state index contributed by atoms with van der Waals surface area (Å²) < 4.78 is 26.9.